The molecule has 6 nitrogen and oxygen atoms in total. The summed E-state index contributed by atoms with van der Waals surface area (Å²) in [6.07, 6.45) is 4.31. The molecule has 1 saturated carbocycles. The summed E-state index contributed by atoms with van der Waals surface area (Å²) >= 11 is 0. The van der Waals surface area contributed by atoms with Crippen molar-refractivity contribution in [3.05, 3.63) is 24.3 Å². The molecule has 23 heavy (non-hydrogen) atoms. The van der Waals surface area contributed by atoms with Gasteiger partial charge < -0.3 is 20.6 Å². The standard InChI is InChI=1S/C17H23N3O3/c21-16(22)6-3-9-18-17(23)19-14-4-1-2-5-15(14)20-11-12-7-8-13(20)10-12/h1-2,4-5,12-13H,3,6-11H2,(H,21,22)(H2,18,19,23). The number of piperidine rings is 1. The van der Waals surface area contributed by atoms with Crippen LogP contribution in [0.25, 0.3) is 0 Å². The fourth-order valence-corrected chi connectivity index (χ4v) is 3.66. The highest BCUT2D eigenvalue weighted by Gasteiger charge is 2.38. The Morgan fingerprint density at radius 3 is 2.78 bits per heavy atom. The summed E-state index contributed by atoms with van der Waals surface area (Å²) in [4.78, 5) is 24.9. The quantitative estimate of drug-likeness (QED) is 0.705. The van der Waals surface area contributed by atoms with Crippen molar-refractivity contribution in [3.8, 4) is 0 Å². The summed E-state index contributed by atoms with van der Waals surface area (Å²) in [6, 6.07) is 8.20. The first kappa shape index (κ1) is 15.6. The van der Waals surface area contributed by atoms with Crippen LogP contribution in [-0.2, 0) is 4.79 Å². The molecule has 2 unspecified atom stereocenters. The normalized spacial score (nSPS) is 22.2. The van der Waals surface area contributed by atoms with Crippen molar-refractivity contribution < 1.29 is 14.7 Å². The summed E-state index contributed by atoms with van der Waals surface area (Å²) in [5.41, 5.74) is 1.90. The molecule has 1 saturated heterocycles. The molecule has 2 fully saturated rings. The SMILES string of the molecule is O=C(O)CCCNC(=O)Nc1ccccc1N1CC2CCC1C2. The van der Waals surface area contributed by atoms with Crippen LogP contribution in [0.15, 0.2) is 24.3 Å². The van der Waals surface area contributed by atoms with E-state index in [-0.39, 0.29) is 12.5 Å². The number of rotatable bonds is 6. The van der Waals surface area contributed by atoms with E-state index in [4.69, 9.17) is 5.11 Å². The van der Waals surface area contributed by atoms with E-state index in [0.717, 1.165) is 23.8 Å². The van der Waals surface area contributed by atoms with Crippen molar-refractivity contribution in [2.24, 2.45) is 5.92 Å². The number of para-hydroxylation sites is 2. The van der Waals surface area contributed by atoms with E-state index in [0.29, 0.717) is 19.0 Å². The van der Waals surface area contributed by atoms with Crippen molar-refractivity contribution in [2.45, 2.75) is 38.1 Å². The zero-order chi connectivity index (χ0) is 16.2. The van der Waals surface area contributed by atoms with Gasteiger partial charge in [0.05, 0.1) is 11.4 Å². The summed E-state index contributed by atoms with van der Waals surface area (Å²) < 4.78 is 0. The van der Waals surface area contributed by atoms with Gasteiger partial charge in [-0.1, -0.05) is 12.1 Å². The van der Waals surface area contributed by atoms with Gasteiger partial charge in [0, 0.05) is 25.6 Å². The summed E-state index contributed by atoms with van der Waals surface area (Å²) in [7, 11) is 0. The number of fused-ring (bicyclic) bond motifs is 2. The molecule has 1 aliphatic carbocycles. The molecule has 0 aromatic heterocycles. The molecule has 1 aromatic carbocycles. The lowest BCUT2D eigenvalue weighted by Crippen LogP contribution is -2.34. The lowest BCUT2D eigenvalue weighted by atomic mass is 10.1. The van der Waals surface area contributed by atoms with E-state index in [1.807, 2.05) is 18.2 Å². The first-order valence-corrected chi connectivity index (χ1v) is 8.26. The molecule has 2 atom stereocenters. The number of benzene rings is 1. The lowest BCUT2D eigenvalue weighted by molar-refractivity contribution is -0.137. The second-order valence-electron chi connectivity index (χ2n) is 6.38. The Kier molecular flexibility index (Phi) is 4.69. The minimum absolute atomic E-state index is 0.0632. The van der Waals surface area contributed by atoms with Gasteiger partial charge in [-0.3, -0.25) is 4.79 Å². The number of amides is 2. The van der Waals surface area contributed by atoms with Gasteiger partial charge in [0.15, 0.2) is 0 Å². The van der Waals surface area contributed by atoms with Gasteiger partial charge in [0.2, 0.25) is 0 Å². The zero-order valence-corrected chi connectivity index (χ0v) is 13.1. The molecule has 1 aromatic rings. The van der Waals surface area contributed by atoms with E-state index in [9.17, 15) is 9.59 Å². The molecule has 1 aliphatic heterocycles. The van der Waals surface area contributed by atoms with Crippen molar-refractivity contribution in [2.75, 3.05) is 23.3 Å². The maximum atomic E-state index is 12.0. The molecule has 2 aliphatic rings. The predicted molar refractivity (Wildman–Crippen MR) is 88.8 cm³/mol. The van der Waals surface area contributed by atoms with Gasteiger partial charge in [0.1, 0.15) is 0 Å². The van der Waals surface area contributed by atoms with Crippen LogP contribution in [0.3, 0.4) is 0 Å². The lowest BCUT2D eigenvalue weighted by Gasteiger charge is -2.31. The molecule has 3 rings (SSSR count). The molecular formula is C17H23N3O3. The molecule has 6 heteroatoms. The second kappa shape index (κ2) is 6.89. The maximum absolute atomic E-state index is 12.0. The van der Waals surface area contributed by atoms with Gasteiger partial charge in [-0.15, -0.1) is 0 Å². The second-order valence-corrected chi connectivity index (χ2v) is 6.38. The number of nitrogens with zero attached hydrogens (tertiary/aromatic N) is 1. The minimum Gasteiger partial charge on any atom is -0.481 e. The Bertz CT molecular complexity index is 590. The monoisotopic (exact) mass is 317 g/mol. The first-order valence-electron chi connectivity index (χ1n) is 8.26. The summed E-state index contributed by atoms with van der Waals surface area (Å²) in [5, 5.41) is 14.2. The Morgan fingerprint density at radius 1 is 1.26 bits per heavy atom. The number of hydrogen-bond acceptors (Lipinski definition) is 3. The number of nitrogens with one attached hydrogen (secondary N) is 2. The Hall–Kier alpha value is -2.24. The van der Waals surface area contributed by atoms with E-state index in [2.05, 4.69) is 21.6 Å². The smallest absolute Gasteiger partial charge is 0.319 e. The maximum Gasteiger partial charge on any atom is 0.319 e. The first-order chi connectivity index (χ1) is 11.1. The van der Waals surface area contributed by atoms with Crippen molar-refractivity contribution >= 4 is 23.4 Å². The van der Waals surface area contributed by atoms with E-state index >= 15 is 0 Å². The van der Waals surface area contributed by atoms with Crippen molar-refractivity contribution in [1.82, 2.24) is 5.32 Å². The summed E-state index contributed by atoms with van der Waals surface area (Å²) in [5.74, 6) is -0.0560. The summed E-state index contributed by atoms with van der Waals surface area (Å²) in [6.45, 7) is 1.43. The van der Waals surface area contributed by atoms with Crippen molar-refractivity contribution in [1.29, 1.82) is 0 Å². The molecule has 2 amide bonds. The topological polar surface area (TPSA) is 81.7 Å². The molecule has 1 heterocycles. The average Bonchev–Trinajstić information content (AvgIpc) is 3.15. The van der Waals surface area contributed by atoms with Crippen LogP contribution in [0.5, 0.6) is 0 Å². The van der Waals surface area contributed by atoms with E-state index < -0.39 is 5.97 Å². The molecule has 0 spiro atoms. The molecular weight excluding hydrogens is 294 g/mol. The number of aliphatic carboxylic acids is 1. The Labute approximate surface area is 135 Å². The number of anilines is 2. The Balaban J connectivity index is 1.58. The average molecular weight is 317 g/mol. The Morgan fingerprint density at radius 2 is 2.09 bits per heavy atom. The van der Waals surface area contributed by atoms with Crippen LogP contribution >= 0.6 is 0 Å². The highest BCUT2D eigenvalue weighted by atomic mass is 16.4. The van der Waals surface area contributed by atoms with Crippen LogP contribution in [0.2, 0.25) is 0 Å². The highest BCUT2D eigenvalue weighted by molar-refractivity contribution is 5.93. The van der Waals surface area contributed by atoms with E-state index in [1.54, 1.807) is 0 Å². The highest BCUT2D eigenvalue weighted by Crippen LogP contribution is 2.42. The third-order valence-electron chi connectivity index (χ3n) is 4.72. The number of carboxylic acids is 1. The number of carboxylic acid groups (broad SMARTS) is 1. The third kappa shape index (κ3) is 3.75. The van der Waals surface area contributed by atoms with Gasteiger partial charge in [-0.2, -0.15) is 0 Å². The van der Waals surface area contributed by atoms with Gasteiger partial charge in [0.25, 0.3) is 0 Å². The number of carbonyl (C=O) groups is 2. The van der Waals surface area contributed by atoms with Gasteiger partial charge in [-0.25, -0.2) is 4.79 Å². The molecule has 0 radical (unpaired) electrons. The van der Waals surface area contributed by atoms with Crippen LogP contribution in [-0.4, -0.2) is 36.2 Å². The van der Waals surface area contributed by atoms with E-state index in [1.165, 1.54) is 19.3 Å². The third-order valence-corrected chi connectivity index (χ3v) is 4.72. The number of carbonyl (C=O) groups excluding carboxylic acids is 1. The van der Waals surface area contributed by atoms with Crippen LogP contribution < -0.4 is 15.5 Å². The number of hydrogen-bond donors (Lipinski definition) is 3. The fraction of sp³-hybridized carbons (Fsp3) is 0.529. The molecule has 2 bridgehead atoms. The molecule has 124 valence electrons. The van der Waals surface area contributed by atoms with Crippen LogP contribution in [0, 0.1) is 5.92 Å². The zero-order valence-electron chi connectivity index (χ0n) is 13.1. The van der Waals surface area contributed by atoms with Gasteiger partial charge in [-0.05, 0) is 43.7 Å². The van der Waals surface area contributed by atoms with Gasteiger partial charge >= 0.3 is 12.0 Å². The van der Waals surface area contributed by atoms with Crippen LogP contribution in [0.4, 0.5) is 16.2 Å². The van der Waals surface area contributed by atoms with Crippen LogP contribution in [0.1, 0.15) is 32.1 Å². The fourth-order valence-electron chi connectivity index (χ4n) is 3.66. The molecule has 3 N–H and O–H groups in total. The minimum atomic E-state index is -0.846. The number of urea groups is 1. The van der Waals surface area contributed by atoms with Crippen molar-refractivity contribution in [3.63, 3.8) is 0 Å². The largest absolute Gasteiger partial charge is 0.481 e. The predicted octanol–water partition coefficient (Wildman–Crippen LogP) is 2.66.